The molecule has 0 N–H and O–H groups in total. The summed E-state index contributed by atoms with van der Waals surface area (Å²) in [5.74, 6) is 0. The first-order valence-corrected chi connectivity index (χ1v) is 32.7. The smallest absolute Gasteiger partial charge is 0.0547 e. The second-order valence-corrected chi connectivity index (χ2v) is 24.2. The monoisotopic (exact) mass is 1230 g/mol. The van der Waals surface area contributed by atoms with Crippen LogP contribution >= 0.6 is 0 Å². The zero-order chi connectivity index (χ0) is 63.7. The molecule has 2 heterocycles. The van der Waals surface area contributed by atoms with Gasteiger partial charge in [0, 0.05) is 102 Å². The Morgan fingerprint density at radius 1 is 0.167 bits per heavy atom. The van der Waals surface area contributed by atoms with Crippen LogP contribution in [0.5, 0.6) is 0 Å². The summed E-state index contributed by atoms with van der Waals surface area (Å²) in [4.78, 5) is 9.30. The van der Waals surface area contributed by atoms with Gasteiger partial charge in [0.1, 0.15) is 0 Å². The Morgan fingerprint density at radius 3 is 0.656 bits per heavy atom. The number of hydrogen-bond donors (Lipinski definition) is 0. The standard InChI is InChI=1S/C90H64N6/c1-7-29-69(30-8-1)91(70-31-9-2-10-32-70)75-45-49-77(50-46-75)93(73-37-15-5-16-38-73)79-53-57-81(58-54-79)95-87-61-68-64-90(86-44-24-28-66-26-20-22-42-84(66)86)96(88(68)62-67(87)63-89(95)85-43-23-27-65-25-19-21-41-83(65)85)82-59-55-80(56-60-82)94(74-39-17-6-18-40-74)78-51-47-76(48-52-78)92(71-33-11-3-12-34-71)72-35-13-4-14-36-72/h1-64H. The Morgan fingerprint density at radius 2 is 0.385 bits per heavy atom. The predicted molar refractivity (Wildman–Crippen MR) is 405 cm³/mol. The van der Waals surface area contributed by atoms with Crippen LogP contribution in [0.4, 0.5) is 68.2 Å². The van der Waals surface area contributed by atoms with Crippen LogP contribution < -0.4 is 19.6 Å². The Kier molecular flexibility index (Phi) is 14.8. The maximum atomic E-state index is 2.47. The van der Waals surface area contributed by atoms with Crippen LogP contribution in [0.2, 0.25) is 0 Å². The largest absolute Gasteiger partial charge is 0.311 e. The molecule has 0 saturated heterocycles. The van der Waals surface area contributed by atoms with Gasteiger partial charge in [-0.3, -0.25) is 0 Å². The molecule has 17 aromatic rings. The molecule has 0 fully saturated rings. The van der Waals surface area contributed by atoms with Gasteiger partial charge in [0.15, 0.2) is 0 Å². The van der Waals surface area contributed by atoms with Crippen LogP contribution in [0.25, 0.3) is 77.2 Å². The maximum absolute atomic E-state index is 2.47. The third kappa shape index (κ3) is 10.6. The van der Waals surface area contributed by atoms with Gasteiger partial charge in [-0.2, -0.15) is 0 Å². The minimum Gasteiger partial charge on any atom is -0.311 e. The first-order chi connectivity index (χ1) is 47.6. The van der Waals surface area contributed by atoms with Crippen molar-refractivity contribution in [3.8, 4) is 33.9 Å². The summed E-state index contributed by atoms with van der Waals surface area (Å²) in [5, 5.41) is 7.07. The SMILES string of the molecule is c1ccc(N(c2ccccc2)c2ccc(N(c3ccccc3)c3ccc(-n4c(-c5cccc6ccccc56)cc5cc6c(cc(-c7cccc8ccccc78)n6-c6ccc(N(c7ccccc7)c7ccc(N(c8ccccc8)c8ccccc8)cc7)cc6)cc54)cc3)cc2)cc1. The normalized spacial score (nSPS) is 11.3. The predicted octanol–water partition coefficient (Wildman–Crippen LogP) is 25.1. The summed E-state index contributed by atoms with van der Waals surface area (Å²) in [7, 11) is 0. The van der Waals surface area contributed by atoms with Crippen LogP contribution in [0.15, 0.2) is 388 Å². The molecule has 0 saturated carbocycles. The minimum absolute atomic E-state index is 1.05. The Balaban J connectivity index is 0.793. The summed E-state index contributed by atoms with van der Waals surface area (Å²) in [6.07, 6.45) is 0. The fourth-order valence-electron chi connectivity index (χ4n) is 14.0. The fraction of sp³-hybridized carbons (Fsp3) is 0. The molecule has 454 valence electrons. The molecule has 17 rings (SSSR count). The van der Waals surface area contributed by atoms with Crippen LogP contribution in [-0.2, 0) is 0 Å². The lowest BCUT2D eigenvalue weighted by molar-refractivity contribution is 1.13. The number of rotatable bonds is 16. The first kappa shape index (κ1) is 57.0. The Hall–Kier alpha value is -12.9. The van der Waals surface area contributed by atoms with E-state index >= 15 is 0 Å². The van der Waals surface area contributed by atoms with Gasteiger partial charge < -0.3 is 28.7 Å². The summed E-state index contributed by atoms with van der Waals surface area (Å²) in [5.41, 5.74) is 21.8. The van der Waals surface area contributed by atoms with E-state index in [2.05, 4.69) is 417 Å². The maximum Gasteiger partial charge on any atom is 0.0547 e. The van der Waals surface area contributed by atoms with Gasteiger partial charge in [-0.05, 0) is 216 Å². The highest BCUT2D eigenvalue weighted by atomic mass is 15.2. The van der Waals surface area contributed by atoms with E-state index in [4.69, 9.17) is 0 Å². The molecule has 6 nitrogen and oxygen atoms in total. The molecule has 0 spiro atoms. The van der Waals surface area contributed by atoms with Gasteiger partial charge in [-0.15, -0.1) is 0 Å². The van der Waals surface area contributed by atoms with Crippen molar-refractivity contribution in [3.05, 3.63) is 388 Å². The molecule has 15 aromatic carbocycles. The molecule has 0 aliphatic heterocycles. The topological polar surface area (TPSA) is 22.8 Å². The van der Waals surface area contributed by atoms with E-state index in [0.29, 0.717) is 0 Å². The third-order valence-corrected chi connectivity index (χ3v) is 18.4. The van der Waals surface area contributed by atoms with Gasteiger partial charge in [-0.1, -0.05) is 194 Å². The van der Waals surface area contributed by atoms with E-state index in [1.165, 1.54) is 32.7 Å². The van der Waals surface area contributed by atoms with E-state index in [0.717, 1.165) is 113 Å². The van der Waals surface area contributed by atoms with Crippen molar-refractivity contribution in [2.45, 2.75) is 0 Å². The number of fused-ring (bicyclic) bond motifs is 4. The van der Waals surface area contributed by atoms with Crippen molar-refractivity contribution in [2.75, 3.05) is 19.6 Å². The third-order valence-electron chi connectivity index (χ3n) is 18.4. The van der Waals surface area contributed by atoms with Crippen molar-refractivity contribution < 1.29 is 0 Å². The van der Waals surface area contributed by atoms with Crippen LogP contribution in [0.3, 0.4) is 0 Å². The molecule has 0 amide bonds. The number of nitrogens with zero attached hydrogens (tertiary/aromatic N) is 6. The van der Waals surface area contributed by atoms with Gasteiger partial charge in [0.05, 0.1) is 22.4 Å². The van der Waals surface area contributed by atoms with Gasteiger partial charge in [0.25, 0.3) is 0 Å². The molecule has 0 atom stereocenters. The van der Waals surface area contributed by atoms with E-state index in [1.807, 2.05) is 0 Å². The molecule has 2 aromatic heterocycles. The zero-order valence-corrected chi connectivity index (χ0v) is 52.6. The minimum atomic E-state index is 1.05. The van der Waals surface area contributed by atoms with Gasteiger partial charge >= 0.3 is 0 Å². The summed E-state index contributed by atoms with van der Waals surface area (Å²) >= 11 is 0. The highest BCUT2D eigenvalue weighted by molar-refractivity contribution is 6.07. The Labute approximate surface area is 559 Å². The van der Waals surface area contributed by atoms with Gasteiger partial charge in [0.2, 0.25) is 0 Å². The van der Waals surface area contributed by atoms with E-state index in [-0.39, 0.29) is 0 Å². The lowest BCUT2D eigenvalue weighted by Crippen LogP contribution is -2.12. The quantitative estimate of drug-likeness (QED) is 0.0962. The van der Waals surface area contributed by atoms with E-state index < -0.39 is 0 Å². The van der Waals surface area contributed by atoms with Crippen molar-refractivity contribution in [1.82, 2.24) is 9.13 Å². The highest BCUT2D eigenvalue weighted by Crippen LogP contribution is 2.45. The van der Waals surface area contributed by atoms with Crippen molar-refractivity contribution in [1.29, 1.82) is 0 Å². The van der Waals surface area contributed by atoms with Gasteiger partial charge in [-0.25, -0.2) is 0 Å². The van der Waals surface area contributed by atoms with Crippen LogP contribution in [-0.4, -0.2) is 9.13 Å². The molecule has 6 heteroatoms. The Bertz CT molecular complexity index is 5100. The average molecular weight is 1230 g/mol. The molecule has 0 bridgehead atoms. The molecule has 0 unspecified atom stereocenters. The average Bonchev–Trinajstić information content (AvgIpc) is 1.56. The number of para-hydroxylation sites is 6. The fourth-order valence-corrected chi connectivity index (χ4v) is 14.0. The molecule has 96 heavy (non-hydrogen) atoms. The molecule has 0 aliphatic carbocycles. The lowest BCUT2D eigenvalue weighted by Gasteiger charge is -2.28. The molecule has 0 radical (unpaired) electrons. The first-order valence-electron chi connectivity index (χ1n) is 32.7. The van der Waals surface area contributed by atoms with Crippen LogP contribution in [0, 0.1) is 0 Å². The molecule has 0 aliphatic rings. The zero-order valence-electron chi connectivity index (χ0n) is 52.6. The molecular weight excluding hydrogens is 1170 g/mol. The van der Waals surface area contributed by atoms with E-state index in [9.17, 15) is 0 Å². The van der Waals surface area contributed by atoms with Crippen LogP contribution in [0.1, 0.15) is 0 Å². The second-order valence-electron chi connectivity index (χ2n) is 24.2. The van der Waals surface area contributed by atoms with E-state index in [1.54, 1.807) is 0 Å². The number of hydrogen-bond acceptors (Lipinski definition) is 4. The summed E-state index contributed by atoms with van der Waals surface area (Å²) in [6, 6.07) is 140. The van der Waals surface area contributed by atoms with Crippen molar-refractivity contribution >= 4 is 112 Å². The number of aromatic nitrogens is 2. The van der Waals surface area contributed by atoms with Crippen molar-refractivity contribution in [2.24, 2.45) is 0 Å². The number of anilines is 12. The van der Waals surface area contributed by atoms with Crippen molar-refractivity contribution in [3.63, 3.8) is 0 Å². The lowest BCUT2D eigenvalue weighted by atomic mass is 10.0. The molecular formula is C90H64N6. The highest BCUT2D eigenvalue weighted by Gasteiger charge is 2.24. The number of benzene rings is 15. The second kappa shape index (κ2) is 25.0. The summed E-state index contributed by atoms with van der Waals surface area (Å²) in [6.45, 7) is 0. The summed E-state index contributed by atoms with van der Waals surface area (Å²) < 4.78 is 4.94.